The van der Waals surface area contributed by atoms with Gasteiger partial charge in [-0.25, -0.2) is 4.98 Å². The Hall–Kier alpha value is -2.70. The van der Waals surface area contributed by atoms with E-state index in [1.807, 2.05) is 24.4 Å². The van der Waals surface area contributed by atoms with E-state index in [0.717, 1.165) is 37.8 Å². The molecule has 0 radical (unpaired) electrons. The molecule has 0 spiro atoms. The van der Waals surface area contributed by atoms with E-state index in [1.165, 1.54) is 11.1 Å². The molecule has 1 atom stereocenters. The molecule has 3 heterocycles. The van der Waals surface area contributed by atoms with Crippen LogP contribution in [-0.2, 0) is 16.7 Å². The molecule has 0 aliphatic carbocycles. The summed E-state index contributed by atoms with van der Waals surface area (Å²) >= 11 is 0. The summed E-state index contributed by atoms with van der Waals surface area (Å²) in [5.74, 6) is 2.28. The van der Waals surface area contributed by atoms with Crippen LogP contribution in [0.25, 0.3) is 0 Å². The van der Waals surface area contributed by atoms with Crippen molar-refractivity contribution in [3.8, 4) is 0 Å². The van der Waals surface area contributed by atoms with Crippen molar-refractivity contribution in [1.82, 2.24) is 15.0 Å². The van der Waals surface area contributed by atoms with Gasteiger partial charge in [-0.3, -0.25) is 4.90 Å². The third-order valence-corrected chi connectivity index (χ3v) is 5.06. The van der Waals surface area contributed by atoms with Crippen LogP contribution in [-0.4, -0.2) is 34.7 Å². The smallest absolute Gasteiger partial charge is 0.175 e. The van der Waals surface area contributed by atoms with Crippen molar-refractivity contribution in [3.05, 3.63) is 71.6 Å². The largest absolute Gasteiger partial charge is 0.371 e. The summed E-state index contributed by atoms with van der Waals surface area (Å²) in [6.45, 7) is 9.71. The maximum absolute atomic E-state index is 5.96. The molecule has 1 aromatic carbocycles. The summed E-state index contributed by atoms with van der Waals surface area (Å²) in [7, 11) is 0. The number of anilines is 2. The fourth-order valence-corrected chi connectivity index (χ4v) is 3.38. The normalized spacial score (nSPS) is 18.0. The van der Waals surface area contributed by atoms with E-state index in [4.69, 9.17) is 9.26 Å². The third-order valence-electron chi connectivity index (χ3n) is 5.06. The molecule has 0 amide bonds. The van der Waals surface area contributed by atoms with Crippen molar-refractivity contribution >= 4 is 11.6 Å². The van der Waals surface area contributed by atoms with Crippen molar-refractivity contribution in [1.29, 1.82) is 0 Å². The summed E-state index contributed by atoms with van der Waals surface area (Å²) in [4.78, 5) is 6.95. The van der Waals surface area contributed by atoms with Crippen molar-refractivity contribution in [2.24, 2.45) is 0 Å². The van der Waals surface area contributed by atoms with Crippen LogP contribution >= 0.6 is 0 Å². The molecule has 1 aliphatic heterocycles. The Bertz CT molecular complexity index is 916. The highest BCUT2D eigenvalue weighted by molar-refractivity contribution is 5.51. The first-order valence-corrected chi connectivity index (χ1v) is 10.1. The quantitative estimate of drug-likeness (QED) is 0.680. The van der Waals surface area contributed by atoms with Gasteiger partial charge in [0.05, 0.1) is 12.7 Å². The number of hydrogen-bond donors (Lipinski definition) is 1. The number of hydrogen-bond acceptors (Lipinski definition) is 6. The fraction of sp³-hybridized carbons (Fsp3) is 0.391. The predicted molar refractivity (Wildman–Crippen MR) is 113 cm³/mol. The lowest BCUT2D eigenvalue weighted by molar-refractivity contribution is -0.0329. The highest BCUT2D eigenvalue weighted by atomic mass is 16.5. The van der Waals surface area contributed by atoms with E-state index < -0.39 is 0 Å². The van der Waals surface area contributed by atoms with Crippen LogP contribution < -0.4 is 5.32 Å². The first kappa shape index (κ1) is 19.6. The van der Waals surface area contributed by atoms with E-state index >= 15 is 0 Å². The molecule has 1 N–H and O–H groups in total. The molecule has 1 aliphatic rings. The number of benzene rings is 1. The Morgan fingerprint density at radius 3 is 2.62 bits per heavy atom. The SMILES string of the molecule is CC(C)(C)c1cc(Nc2ccc(CN3CCO[C@@H](c4ccccc4)C3)cn2)no1. The minimum atomic E-state index is -0.0695. The van der Waals surface area contributed by atoms with Gasteiger partial charge in [-0.2, -0.15) is 0 Å². The minimum Gasteiger partial charge on any atom is -0.371 e. The van der Waals surface area contributed by atoms with Crippen LogP contribution in [0.3, 0.4) is 0 Å². The van der Waals surface area contributed by atoms with Crippen LogP contribution in [0.1, 0.15) is 43.8 Å². The zero-order valence-electron chi connectivity index (χ0n) is 17.3. The van der Waals surface area contributed by atoms with Crippen molar-refractivity contribution < 1.29 is 9.26 Å². The van der Waals surface area contributed by atoms with Crippen molar-refractivity contribution in [3.63, 3.8) is 0 Å². The van der Waals surface area contributed by atoms with Gasteiger partial charge in [0.15, 0.2) is 5.82 Å². The fourth-order valence-electron chi connectivity index (χ4n) is 3.38. The van der Waals surface area contributed by atoms with E-state index in [1.54, 1.807) is 0 Å². The predicted octanol–water partition coefficient (Wildman–Crippen LogP) is 4.68. The van der Waals surface area contributed by atoms with Gasteiger partial charge in [-0.1, -0.05) is 62.3 Å². The molecule has 6 nitrogen and oxygen atoms in total. The molecular weight excluding hydrogens is 364 g/mol. The number of ether oxygens (including phenoxy) is 1. The van der Waals surface area contributed by atoms with E-state index in [9.17, 15) is 0 Å². The molecular formula is C23H28N4O2. The molecule has 1 fully saturated rings. The van der Waals surface area contributed by atoms with Gasteiger partial charge in [0.2, 0.25) is 0 Å². The van der Waals surface area contributed by atoms with Gasteiger partial charge in [0.25, 0.3) is 0 Å². The number of pyridine rings is 1. The Kier molecular flexibility index (Phi) is 5.65. The molecule has 6 heteroatoms. The van der Waals surface area contributed by atoms with Crippen LogP contribution in [0.5, 0.6) is 0 Å². The number of rotatable bonds is 5. The summed E-state index contributed by atoms with van der Waals surface area (Å²) in [6.07, 6.45) is 2.04. The van der Waals surface area contributed by atoms with Gasteiger partial charge < -0.3 is 14.6 Å². The average molecular weight is 393 g/mol. The molecule has 0 saturated carbocycles. The van der Waals surface area contributed by atoms with Crippen molar-refractivity contribution in [2.75, 3.05) is 25.0 Å². The second-order valence-corrected chi connectivity index (χ2v) is 8.51. The standard InChI is InChI=1S/C23H28N4O2/c1-23(2,3)20-13-22(26-29-20)25-21-10-9-17(14-24-21)15-27-11-12-28-19(16-27)18-7-5-4-6-8-18/h4-10,13-14,19H,11-12,15-16H2,1-3H3,(H,24,25,26)/t19-/m1/s1. The zero-order chi connectivity index (χ0) is 20.3. The first-order valence-electron chi connectivity index (χ1n) is 10.1. The Balaban J connectivity index is 1.35. The summed E-state index contributed by atoms with van der Waals surface area (Å²) in [5.41, 5.74) is 2.34. The van der Waals surface area contributed by atoms with Gasteiger partial charge in [-0.15, -0.1) is 0 Å². The topological polar surface area (TPSA) is 63.4 Å². The number of morpholine rings is 1. The summed E-state index contributed by atoms with van der Waals surface area (Å²) in [5, 5.41) is 7.29. The second kappa shape index (κ2) is 8.35. The lowest BCUT2D eigenvalue weighted by Gasteiger charge is -2.33. The zero-order valence-corrected chi connectivity index (χ0v) is 17.3. The molecule has 0 bridgehead atoms. The molecule has 1 saturated heterocycles. The van der Waals surface area contributed by atoms with E-state index in [-0.39, 0.29) is 11.5 Å². The number of nitrogens with one attached hydrogen (secondary N) is 1. The van der Waals surface area contributed by atoms with Crippen LogP contribution in [0.15, 0.2) is 59.3 Å². The first-order chi connectivity index (χ1) is 14.0. The molecule has 29 heavy (non-hydrogen) atoms. The third kappa shape index (κ3) is 5.02. The highest BCUT2D eigenvalue weighted by Crippen LogP contribution is 2.26. The summed E-state index contributed by atoms with van der Waals surface area (Å²) < 4.78 is 11.4. The van der Waals surface area contributed by atoms with Crippen LogP contribution in [0.4, 0.5) is 11.6 Å². The Morgan fingerprint density at radius 1 is 1.10 bits per heavy atom. The van der Waals surface area contributed by atoms with Gasteiger partial charge in [0, 0.05) is 37.3 Å². The van der Waals surface area contributed by atoms with Crippen LogP contribution in [0.2, 0.25) is 0 Å². The maximum atomic E-state index is 5.96. The van der Waals surface area contributed by atoms with E-state index in [0.29, 0.717) is 5.82 Å². The molecule has 3 aromatic rings. The van der Waals surface area contributed by atoms with Gasteiger partial charge >= 0.3 is 0 Å². The van der Waals surface area contributed by atoms with Gasteiger partial charge in [-0.05, 0) is 17.2 Å². The maximum Gasteiger partial charge on any atom is 0.175 e. The second-order valence-electron chi connectivity index (χ2n) is 8.51. The number of aromatic nitrogens is 2. The van der Waals surface area contributed by atoms with Crippen molar-refractivity contribution in [2.45, 2.75) is 38.8 Å². The van der Waals surface area contributed by atoms with Crippen LogP contribution in [0, 0.1) is 0 Å². The molecule has 2 aromatic heterocycles. The Morgan fingerprint density at radius 2 is 1.93 bits per heavy atom. The lowest BCUT2D eigenvalue weighted by Crippen LogP contribution is -2.37. The average Bonchev–Trinajstić information content (AvgIpc) is 3.20. The van der Waals surface area contributed by atoms with Gasteiger partial charge in [0.1, 0.15) is 11.6 Å². The molecule has 0 unspecified atom stereocenters. The lowest BCUT2D eigenvalue weighted by atomic mass is 9.93. The summed E-state index contributed by atoms with van der Waals surface area (Å²) in [6, 6.07) is 16.4. The number of nitrogens with zero attached hydrogens (tertiary/aromatic N) is 3. The highest BCUT2D eigenvalue weighted by Gasteiger charge is 2.22. The minimum absolute atomic E-state index is 0.0695. The monoisotopic (exact) mass is 392 g/mol. The molecule has 4 rings (SSSR count). The van der Waals surface area contributed by atoms with E-state index in [2.05, 4.69) is 71.5 Å². The Labute approximate surface area is 171 Å². The molecule has 152 valence electrons.